The van der Waals surface area contributed by atoms with E-state index in [4.69, 9.17) is 9.47 Å². The Morgan fingerprint density at radius 1 is 1.38 bits per heavy atom. The Labute approximate surface area is 105 Å². The van der Waals surface area contributed by atoms with Gasteiger partial charge in [-0.15, -0.1) is 0 Å². The molecule has 0 unspecified atom stereocenters. The summed E-state index contributed by atoms with van der Waals surface area (Å²) in [5.41, 5.74) is 1.24. The van der Waals surface area contributed by atoms with Gasteiger partial charge in [0.25, 0.3) is 0 Å². The number of hydrogen-bond acceptors (Lipinski definition) is 3. The SMILES string of the molecule is CCCNCc1ccc(OCOC)c(Br)c1. The molecule has 0 saturated carbocycles. The normalized spacial score (nSPS) is 10.4. The minimum atomic E-state index is 0.270. The molecule has 1 N–H and O–H groups in total. The average Bonchev–Trinajstić information content (AvgIpc) is 2.28. The average molecular weight is 288 g/mol. The summed E-state index contributed by atoms with van der Waals surface area (Å²) in [6, 6.07) is 6.07. The van der Waals surface area contributed by atoms with Crippen molar-refractivity contribution in [2.45, 2.75) is 19.9 Å². The highest BCUT2D eigenvalue weighted by molar-refractivity contribution is 9.10. The Kier molecular flexibility index (Phi) is 6.45. The highest BCUT2D eigenvalue weighted by Crippen LogP contribution is 2.25. The zero-order chi connectivity index (χ0) is 11.8. The van der Waals surface area contributed by atoms with Crippen molar-refractivity contribution in [3.8, 4) is 5.75 Å². The van der Waals surface area contributed by atoms with E-state index in [1.807, 2.05) is 6.07 Å². The monoisotopic (exact) mass is 287 g/mol. The summed E-state index contributed by atoms with van der Waals surface area (Å²) in [6.45, 7) is 4.35. The second kappa shape index (κ2) is 7.65. The van der Waals surface area contributed by atoms with Gasteiger partial charge in [0.2, 0.25) is 0 Å². The molecule has 0 aromatic heterocycles. The quantitative estimate of drug-likeness (QED) is 0.618. The van der Waals surface area contributed by atoms with Gasteiger partial charge in [0.05, 0.1) is 4.47 Å². The second-order valence-corrected chi connectivity index (χ2v) is 4.35. The van der Waals surface area contributed by atoms with Crippen molar-refractivity contribution in [1.82, 2.24) is 5.32 Å². The molecule has 0 amide bonds. The van der Waals surface area contributed by atoms with E-state index in [0.717, 1.165) is 29.7 Å². The highest BCUT2D eigenvalue weighted by Gasteiger charge is 2.02. The van der Waals surface area contributed by atoms with Crippen LogP contribution in [-0.2, 0) is 11.3 Å². The van der Waals surface area contributed by atoms with Crippen LogP contribution in [0.2, 0.25) is 0 Å². The van der Waals surface area contributed by atoms with Crippen LogP contribution in [0.5, 0.6) is 5.75 Å². The predicted octanol–water partition coefficient (Wildman–Crippen LogP) is 2.93. The van der Waals surface area contributed by atoms with Gasteiger partial charge in [-0.05, 0) is 46.6 Å². The standard InChI is InChI=1S/C12H18BrNO2/c1-3-6-14-8-10-4-5-12(11(13)7-10)16-9-15-2/h4-5,7,14H,3,6,8-9H2,1-2H3. The van der Waals surface area contributed by atoms with Gasteiger partial charge in [-0.3, -0.25) is 0 Å². The van der Waals surface area contributed by atoms with E-state index in [9.17, 15) is 0 Å². The largest absolute Gasteiger partial charge is 0.466 e. The molecule has 1 aromatic carbocycles. The first-order valence-corrected chi connectivity index (χ1v) is 6.18. The fourth-order valence-electron chi connectivity index (χ4n) is 1.30. The van der Waals surface area contributed by atoms with E-state index >= 15 is 0 Å². The molecule has 0 fully saturated rings. The van der Waals surface area contributed by atoms with Crippen LogP contribution < -0.4 is 10.1 Å². The minimum absolute atomic E-state index is 0.270. The third-order valence-corrected chi connectivity index (χ3v) is 2.70. The molecule has 3 nitrogen and oxygen atoms in total. The first kappa shape index (κ1) is 13.5. The number of benzene rings is 1. The van der Waals surface area contributed by atoms with Crippen molar-refractivity contribution < 1.29 is 9.47 Å². The molecule has 0 heterocycles. The molecule has 0 atom stereocenters. The maximum Gasteiger partial charge on any atom is 0.188 e. The number of nitrogens with one attached hydrogen (secondary N) is 1. The van der Waals surface area contributed by atoms with Gasteiger partial charge in [0.15, 0.2) is 6.79 Å². The van der Waals surface area contributed by atoms with Crippen molar-refractivity contribution in [2.75, 3.05) is 20.4 Å². The molecule has 1 rings (SSSR count). The van der Waals surface area contributed by atoms with Crippen LogP contribution in [0.4, 0.5) is 0 Å². The zero-order valence-corrected chi connectivity index (χ0v) is 11.3. The number of methoxy groups -OCH3 is 1. The highest BCUT2D eigenvalue weighted by atomic mass is 79.9. The second-order valence-electron chi connectivity index (χ2n) is 3.49. The number of halogens is 1. The van der Waals surface area contributed by atoms with Crippen LogP contribution in [0.15, 0.2) is 22.7 Å². The fourth-order valence-corrected chi connectivity index (χ4v) is 1.84. The Hall–Kier alpha value is -0.580. The van der Waals surface area contributed by atoms with E-state index < -0.39 is 0 Å². The van der Waals surface area contributed by atoms with Gasteiger partial charge >= 0.3 is 0 Å². The Morgan fingerprint density at radius 3 is 2.81 bits per heavy atom. The molecule has 0 spiro atoms. The van der Waals surface area contributed by atoms with Gasteiger partial charge in [-0.25, -0.2) is 0 Å². The predicted molar refractivity (Wildman–Crippen MR) is 68.6 cm³/mol. The van der Waals surface area contributed by atoms with Gasteiger partial charge in [0, 0.05) is 13.7 Å². The molecule has 0 aliphatic rings. The molecular formula is C12H18BrNO2. The summed E-state index contributed by atoms with van der Waals surface area (Å²) >= 11 is 3.48. The summed E-state index contributed by atoms with van der Waals surface area (Å²) in [6.07, 6.45) is 1.15. The Bertz CT molecular complexity index is 318. The van der Waals surface area contributed by atoms with E-state index in [1.54, 1.807) is 7.11 Å². The lowest BCUT2D eigenvalue weighted by molar-refractivity contribution is 0.0506. The van der Waals surface area contributed by atoms with Crippen LogP contribution in [0.25, 0.3) is 0 Å². The van der Waals surface area contributed by atoms with Crippen LogP contribution >= 0.6 is 15.9 Å². The minimum Gasteiger partial charge on any atom is -0.466 e. The number of rotatable bonds is 7. The van der Waals surface area contributed by atoms with Crippen molar-refractivity contribution in [3.63, 3.8) is 0 Å². The third kappa shape index (κ3) is 4.51. The number of hydrogen-bond donors (Lipinski definition) is 1. The van der Waals surface area contributed by atoms with Gasteiger partial charge in [0.1, 0.15) is 5.75 Å². The lowest BCUT2D eigenvalue weighted by Crippen LogP contribution is -2.13. The van der Waals surface area contributed by atoms with Gasteiger partial charge in [-0.2, -0.15) is 0 Å². The molecular weight excluding hydrogens is 270 g/mol. The summed E-state index contributed by atoms with van der Waals surface area (Å²) < 4.78 is 11.2. The van der Waals surface area contributed by atoms with E-state index in [-0.39, 0.29) is 6.79 Å². The molecule has 0 aliphatic carbocycles. The zero-order valence-electron chi connectivity index (χ0n) is 9.75. The Balaban J connectivity index is 2.53. The third-order valence-electron chi connectivity index (χ3n) is 2.08. The molecule has 90 valence electrons. The van der Waals surface area contributed by atoms with Crippen LogP contribution in [0.1, 0.15) is 18.9 Å². The molecule has 0 radical (unpaired) electrons. The lowest BCUT2D eigenvalue weighted by atomic mass is 10.2. The van der Waals surface area contributed by atoms with Gasteiger partial charge in [-0.1, -0.05) is 13.0 Å². The van der Waals surface area contributed by atoms with Crippen molar-refractivity contribution >= 4 is 15.9 Å². The first-order chi connectivity index (χ1) is 7.77. The van der Waals surface area contributed by atoms with Crippen molar-refractivity contribution in [2.24, 2.45) is 0 Å². The lowest BCUT2D eigenvalue weighted by Gasteiger charge is -2.09. The Morgan fingerprint density at radius 2 is 2.19 bits per heavy atom. The molecule has 0 bridgehead atoms. The first-order valence-electron chi connectivity index (χ1n) is 5.38. The fraction of sp³-hybridized carbons (Fsp3) is 0.500. The molecule has 4 heteroatoms. The number of ether oxygens (including phenoxy) is 2. The van der Waals surface area contributed by atoms with Crippen molar-refractivity contribution in [3.05, 3.63) is 28.2 Å². The van der Waals surface area contributed by atoms with Gasteiger partial charge < -0.3 is 14.8 Å². The molecule has 0 aliphatic heterocycles. The summed E-state index contributed by atoms with van der Waals surface area (Å²) in [5.74, 6) is 0.807. The van der Waals surface area contributed by atoms with Crippen LogP contribution in [-0.4, -0.2) is 20.4 Å². The van der Waals surface area contributed by atoms with E-state index in [1.165, 1.54) is 5.56 Å². The molecule has 1 aromatic rings. The van der Waals surface area contributed by atoms with Crippen LogP contribution in [0.3, 0.4) is 0 Å². The van der Waals surface area contributed by atoms with Crippen molar-refractivity contribution in [1.29, 1.82) is 0 Å². The maximum absolute atomic E-state index is 5.38. The maximum atomic E-state index is 5.38. The smallest absolute Gasteiger partial charge is 0.188 e. The topological polar surface area (TPSA) is 30.5 Å². The molecule has 0 saturated heterocycles. The summed E-state index contributed by atoms with van der Waals surface area (Å²) in [4.78, 5) is 0. The van der Waals surface area contributed by atoms with E-state index in [2.05, 4.69) is 40.3 Å². The summed E-state index contributed by atoms with van der Waals surface area (Å²) in [5, 5.41) is 3.35. The molecule has 16 heavy (non-hydrogen) atoms. The van der Waals surface area contributed by atoms with E-state index in [0.29, 0.717) is 0 Å². The summed E-state index contributed by atoms with van der Waals surface area (Å²) in [7, 11) is 1.61. The van der Waals surface area contributed by atoms with Crippen LogP contribution in [0, 0.1) is 0 Å².